The molecule has 21 heavy (non-hydrogen) atoms. The zero-order chi connectivity index (χ0) is 15.8. The number of rotatable bonds is 3. The average Bonchev–Trinajstić information content (AvgIpc) is 2.84. The second-order valence-electron chi connectivity index (χ2n) is 7.90. The maximum absolute atomic E-state index is 13.1. The molecule has 2 N–H and O–H groups in total. The van der Waals surface area contributed by atoms with Crippen LogP contribution < -0.4 is 5.73 Å². The Morgan fingerprint density at radius 2 is 1.81 bits per heavy atom. The maximum Gasteiger partial charge on any atom is 0.158 e. The monoisotopic (exact) mass is 317 g/mol. The van der Waals surface area contributed by atoms with Gasteiger partial charge in [-0.15, -0.1) is 0 Å². The summed E-state index contributed by atoms with van der Waals surface area (Å²) in [6.45, 7) is 9.56. The molecule has 2 rings (SSSR count). The topological polar surface area (TPSA) is 69.4 Å². The van der Waals surface area contributed by atoms with Crippen molar-refractivity contribution >= 4 is 9.84 Å². The Hall–Kier alpha value is -0.130. The molecule has 0 radical (unpaired) electrons. The molecule has 0 aromatic heterocycles. The summed E-state index contributed by atoms with van der Waals surface area (Å²) in [6, 6.07) is 0. The van der Waals surface area contributed by atoms with Gasteiger partial charge < -0.3 is 10.5 Å². The Morgan fingerprint density at radius 1 is 1.14 bits per heavy atom. The molecule has 1 saturated carbocycles. The SMILES string of the molecule is CC1OCCC1S(=O)(=O)C1CC(C(C)(C)C)CCC1CN. The quantitative estimate of drug-likeness (QED) is 0.867. The molecule has 0 aromatic carbocycles. The van der Waals surface area contributed by atoms with E-state index in [2.05, 4.69) is 20.8 Å². The predicted molar refractivity (Wildman–Crippen MR) is 85.9 cm³/mol. The molecule has 124 valence electrons. The Labute approximate surface area is 129 Å². The molecule has 4 nitrogen and oxygen atoms in total. The molecule has 1 aliphatic carbocycles. The lowest BCUT2D eigenvalue weighted by Crippen LogP contribution is -2.47. The minimum absolute atomic E-state index is 0.112. The number of ether oxygens (including phenoxy) is 1. The van der Waals surface area contributed by atoms with Crippen LogP contribution in [-0.4, -0.2) is 38.2 Å². The van der Waals surface area contributed by atoms with Gasteiger partial charge in [0.05, 0.1) is 16.6 Å². The molecule has 1 heterocycles. The molecule has 5 heteroatoms. The Balaban J connectivity index is 2.24. The number of hydrogen-bond acceptors (Lipinski definition) is 4. The average molecular weight is 317 g/mol. The van der Waals surface area contributed by atoms with Crippen LogP contribution in [-0.2, 0) is 14.6 Å². The molecular formula is C16H31NO3S. The Bertz CT molecular complexity index is 455. The summed E-state index contributed by atoms with van der Waals surface area (Å²) in [6.07, 6.45) is 3.25. The minimum atomic E-state index is -3.17. The molecule has 0 spiro atoms. The molecular weight excluding hydrogens is 286 g/mol. The van der Waals surface area contributed by atoms with Gasteiger partial charge in [-0.1, -0.05) is 20.8 Å². The van der Waals surface area contributed by atoms with Crippen LogP contribution in [0.15, 0.2) is 0 Å². The second-order valence-corrected chi connectivity index (χ2v) is 10.3. The van der Waals surface area contributed by atoms with E-state index < -0.39 is 9.84 Å². The molecule has 5 unspecified atom stereocenters. The van der Waals surface area contributed by atoms with Gasteiger partial charge in [-0.2, -0.15) is 0 Å². The summed E-state index contributed by atoms with van der Waals surface area (Å²) in [5.74, 6) is 0.569. The lowest BCUT2D eigenvalue weighted by molar-refractivity contribution is 0.125. The van der Waals surface area contributed by atoms with Crippen LogP contribution >= 0.6 is 0 Å². The predicted octanol–water partition coefficient (Wildman–Crippen LogP) is 2.37. The summed E-state index contributed by atoms with van der Waals surface area (Å²) in [7, 11) is -3.17. The van der Waals surface area contributed by atoms with E-state index in [0.29, 0.717) is 25.5 Å². The van der Waals surface area contributed by atoms with Gasteiger partial charge in [0.2, 0.25) is 0 Å². The molecule has 5 atom stereocenters. The lowest BCUT2D eigenvalue weighted by atomic mass is 9.69. The van der Waals surface area contributed by atoms with Gasteiger partial charge in [-0.05, 0) is 56.4 Å². The first-order chi connectivity index (χ1) is 9.67. The highest BCUT2D eigenvalue weighted by molar-refractivity contribution is 7.92. The molecule has 1 saturated heterocycles. The highest BCUT2D eigenvalue weighted by atomic mass is 32.2. The maximum atomic E-state index is 13.1. The van der Waals surface area contributed by atoms with Crippen molar-refractivity contribution in [3.05, 3.63) is 0 Å². The van der Waals surface area contributed by atoms with Gasteiger partial charge in [0.1, 0.15) is 0 Å². The van der Waals surface area contributed by atoms with E-state index in [1.54, 1.807) is 0 Å². The fraction of sp³-hybridized carbons (Fsp3) is 1.00. The molecule has 0 bridgehead atoms. The fourth-order valence-corrected chi connectivity index (χ4v) is 6.79. The van der Waals surface area contributed by atoms with Crippen LogP contribution in [0.4, 0.5) is 0 Å². The fourth-order valence-electron chi connectivity index (χ4n) is 4.02. The zero-order valence-electron chi connectivity index (χ0n) is 13.8. The van der Waals surface area contributed by atoms with Gasteiger partial charge in [0.15, 0.2) is 9.84 Å². The van der Waals surface area contributed by atoms with Crippen molar-refractivity contribution in [3.8, 4) is 0 Å². The first-order valence-electron chi connectivity index (χ1n) is 8.22. The van der Waals surface area contributed by atoms with Gasteiger partial charge in [0, 0.05) is 6.61 Å². The second kappa shape index (κ2) is 6.17. The van der Waals surface area contributed by atoms with Crippen LogP contribution in [0.2, 0.25) is 0 Å². The Morgan fingerprint density at radius 3 is 2.29 bits per heavy atom. The number of sulfone groups is 1. The molecule has 0 amide bonds. The van der Waals surface area contributed by atoms with Crippen LogP contribution in [0.25, 0.3) is 0 Å². The van der Waals surface area contributed by atoms with Gasteiger partial charge in [-0.3, -0.25) is 0 Å². The Kier molecular flexibility index (Phi) is 5.06. The summed E-state index contributed by atoms with van der Waals surface area (Å²) in [5, 5.41) is -0.620. The van der Waals surface area contributed by atoms with Crippen LogP contribution in [0.1, 0.15) is 53.4 Å². The van der Waals surface area contributed by atoms with Crippen molar-refractivity contribution in [3.63, 3.8) is 0 Å². The summed E-state index contributed by atoms with van der Waals surface area (Å²) in [5.41, 5.74) is 6.04. The minimum Gasteiger partial charge on any atom is -0.377 e. The third-order valence-corrected chi connectivity index (χ3v) is 8.49. The van der Waals surface area contributed by atoms with Crippen molar-refractivity contribution in [1.82, 2.24) is 0 Å². The summed E-state index contributed by atoms with van der Waals surface area (Å²) >= 11 is 0. The highest BCUT2D eigenvalue weighted by Gasteiger charge is 2.47. The third kappa shape index (κ3) is 3.45. The van der Waals surface area contributed by atoms with Gasteiger partial charge in [0.25, 0.3) is 0 Å². The summed E-state index contributed by atoms with van der Waals surface area (Å²) in [4.78, 5) is 0. The van der Waals surface area contributed by atoms with Crippen molar-refractivity contribution < 1.29 is 13.2 Å². The van der Waals surface area contributed by atoms with E-state index in [1.165, 1.54) is 0 Å². The van der Waals surface area contributed by atoms with E-state index in [0.717, 1.165) is 19.3 Å². The van der Waals surface area contributed by atoms with Crippen molar-refractivity contribution in [1.29, 1.82) is 0 Å². The van der Waals surface area contributed by atoms with Crippen LogP contribution in [0, 0.1) is 17.3 Å². The van der Waals surface area contributed by atoms with Crippen molar-refractivity contribution in [2.75, 3.05) is 13.2 Å². The first kappa shape index (κ1) is 17.2. The van der Waals surface area contributed by atoms with Crippen LogP contribution in [0.3, 0.4) is 0 Å². The first-order valence-corrected chi connectivity index (χ1v) is 9.83. The smallest absolute Gasteiger partial charge is 0.158 e. The van der Waals surface area contributed by atoms with E-state index in [4.69, 9.17) is 10.5 Å². The largest absolute Gasteiger partial charge is 0.377 e. The van der Waals surface area contributed by atoms with Gasteiger partial charge in [-0.25, -0.2) is 8.42 Å². The molecule has 2 aliphatic rings. The van der Waals surface area contributed by atoms with E-state index >= 15 is 0 Å². The lowest BCUT2D eigenvalue weighted by Gasteiger charge is -2.42. The summed E-state index contributed by atoms with van der Waals surface area (Å²) < 4.78 is 31.7. The van der Waals surface area contributed by atoms with E-state index in [1.807, 2.05) is 6.92 Å². The standard InChI is InChI=1S/C16H31NO3S/c1-11-14(7-8-20-11)21(18,19)15-9-13(16(2,3)4)6-5-12(15)10-17/h11-15H,5-10,17H2,1-4H3. The van der Waals surface area contributed by atoms with Crippen molar-refractivity contribution in [2.45, 2.75) is 70.0 Å². The molecule has 1 aliphatic heterocycles. The van der Waals surface area contributed by atoms with Gasteiger partial charge >= 0.3 is 0 Å². The number of hydrogen-bond donors (Lipinski definition) is 1. The molecule has 2 fully saturated rings. The third-order valence-electron chi connectivity index (χ3n) is 5.61. The zero-order valence-corrected chi connectivity index (χ0v) is 14.7. The highest BCUT2D eigenvalue weighted by Crippen LogP contribution is 2.43. The van der Waals surface area contributed by atoms with Crippen LogP contribution in [0.5, 0.6) is 0 Å². The number of nitrogens with two attached hydrogens (primary N) is 1. The van der Waals surface area contributed by atoms with Crippen molar-refractivity contribution in [2.24, 2.45) is 23.0 Å². The van der Waals surface area contributed by atoms with E-state index in [-0.39, 0.29) is 27.9 Å². The normalized spacial score (nSPS) is 38.6. The van der Waals surface area contributed by atoms with E-state index in [9.17, 15) is 8.42 Å². The molecule has 0 aromatic rings.